The molecule has 1 rings (SSSR count). The van der Waals surface area contributed by atoms with Gasteiger partial charge in [0.05, 0.1) is 13.5 Å². The summed E-state index contributed by atoms with van der Waals surface area (Å²) >= 11 is 0. The highest BCUT2D eigenvalue weighted by Gasteiger charge is 2.29. The van der Waals surface area contributed by atoms with Gasteiger partial charge in [-0.3, -0.25) is 4.79 Å². The second kappa shape index (κ2) is 9.58. The summed E-state index contributed by atoms with van der Waals surface area (Å²) in [6.45, 7) is 0.584. The third-order valence-corrected chi connectivity index (χ3v) is 5.38. The molecular formula is C12H26ClN3O4S. The Morgan fingerprint density at radius 2 is 2.00 bits per heavy atom. The fourth-order valence-corrected chi connectivity index (χ4v) is 3.60. The molecule has 0 spiro atoms. The molecule has 21 heavy (non-hydrogen) atoms. The van der Waals surface area contributed by atoms with Crippen molar-refractivity contribution in [3.8, 4) is 0 Å². The van der Waals surface area contributed by atoms with Gasteiger partial charge in [-0.05, 0) is 25.3 Å². The molecule has 0 aromatic carbocycles. The largest absolute Gasteiger partial charge is 0.469 e. The quantitative estimate of drug-likeness (QED) is 0.645. The first-order valence-electron chi connectivity index (χ1n) is 6.91. The molecule has 7 nitrogen and oxygen atoms in total. The second-order valence-electron chi connectivity index (χ2n) is 5.16. The summed E-state index contributed by atoms with van der Waals surface area (Å²) in [7, 11) is -0.856. The summed E-state index contributed by atoms with van der Waals surface area (Å²) in [6.07, 6.45) is 3.91. The van der Waals surface area contributed by atoms with Crippen LogP contribution in [-0.4, -0.2) is 52.0 Å². The highest BCUT2D eigenvalue weighted by molar-refractivity contribution is 7.87. The number of esters is 1. The van der Waals surface area contributed by atoms with Crippen molar-refractivity contribution in [2.45, 2.75) is 38.1 Å². The molecule has 2 unspecified atom stereocenters. The van der Waals surface area contributed by atoms with Crippen LogP contribution in [0, 0.1) is 5.92 Å². The Balaban J connectivity index is 0.00000400. The summed E-state index contributed by atoms with van der Waals surface area (Å²) in [5, 5.41) is 0. The molecule has 0 aromatic heterocycles. The van der Waals surface area contributed by atoms with Gasteiger partial charge < -0.3 is 10.5 Å². The van der Waals surface area contributed by atoms with E-state index in [1.807, 2.05) is 0 Å². The van der Waals surface area contributed by atoms with Crippen LogP contribution in [0.2, 0.25) is 0 Å². The molecule has 3 N–H and O–H groups in total. The van der Waals surface area contributed by atoms with E-state index in [2.05, 4.69) is 9.46 Å². The SMILES string of the molecule is COC(=O)CCN(C)S(=O)(=O)NC1CCCCC1CN.Cl. The van der Waals surface area contributed by atoms with E-state index in [4.69, 9.17) is 5.73 Å². The van der Waals surface area contributed by atoms with Gasteiger partial charge in [-0.2, -0.15) is 17.4 Å². The minimum atomic E-state index is -3.59. The lowest BCUT2D eigenvalue weighted by molar-refractivity contribution is -0.140. The molecule has 1 aliphatic carbocycles. The van der Waals surface area contributed by atoms with Crippen LogP contribution in [-0.2, 0) is 19.7 Å². The van der Waals surface area contributed by atoms with E-state index in [-0.39, 0.29) is 37.3 Å². The lowest BCUT2D eigenvalue weighted by Gasteiger charge is -2.32. The van der Waals surface area contributed by atoms with E-state index in [1.54, 1.807) is 0 Å². The Morgan fingerprint density at radius 3 is 2.57 bits per heavy atom. The average Bonchev–Trinajstić information content (AvgIpc) is 2.44. The average molecular weight is 344 g/mol. The van der Waals surface area contributed by atoms with Gasteiger partial charge in [-0.15, -0.1) is 12.4 Å². The van der Waals surface area contributed by atoms with Crippen molar-refractivity contribution in [3.05, 3.63) is 0 Å². The molecule has 0 aromatic rings. The van der Waals surface area contributed by atoms with Crippen molar-refractivity contribution in [1.29, 1.82) is 0 Å². The number of hydrogen-bond donors (Lipinski definition) is 2. The van der Waals surface area contributed by atoms with E-state index in [9.17, 15) is 13.2 Å². The fraction of sp³-hybridized carbons (Fsp3) is 0.917. The zero-order valence-corrected chi connectivity index (χ0v) is 14.2. The van der Waals surface area contributed by atoms with Gasteiger partial charge in [0.2, 0.25) is 0 Å². The Morgan fingerprint density at radius 1 is 1.38 bits per heavy atom. The minimum Gasteiger partial charge on any atom is -0.469 e. The van der Waals surface area contributed by atoms with Gasteiger partial charge in [-0.25, -0.2) is 0 Å². The van der Waals surface area contributed by atoms with Crippen molar-refractivity contribution < 1.29 is 17.9 Å². The number of carbonyl (C=O) groups excluding carboxylic acids is 1. The van der Waals surface area contributed by atoms with Crippen molar-refractivity contribution >= 4 is 28.6 Å². The number of nitrogens with one attached hydrogen (secondary N) is 1. The Labute approximate surface area is 133 Å². The van der Waals surface area contributed by atoms with Crippen molar-refractivity contribution in [2.24, 2.45) is 11.7 Å². The monoisotopic (exact) mass is 343 g/mol. The molecule has 0 saturated heterocycles. The summed E-state index contributed by atoms with van der Waals surface area (Å²) in [5.41, 5.74) is 5.70. The van der Waals surface area contributed by atoms with Gasteiger partial charge in [0.15, 0.2) is 0 Å². The van der Waals surface area contributed by atoms with Crippen LogP contribution in [0.1, 0.15) is 32.1 Å². The van der Waals surface area contributed by atoms with Crippen LogP contribution in [0.25, 0.3) is 0 Å². The maximum absolute atomic E-state index is 12.2. The molecular weight excluding hydrogens is 318 g/mol. The second-order valence-corrected chi connectivity index (χ2v) is 6.97. The number of halogens is 1. The molecule has 0 amide bonds. The van der Waals surface area contributed by atoms with E-state index in [0.717, 1.165) is 30.0 Å². The molecule has 0 heterocycles. The number of hydrogen-bond acceptors (Lipinski definition) is 5. The van der Waals surface area contributed by atoms with E-state index >= 15 is 0 Å². The fourth-order valence-electron chi connectivity index (χ4n) is 2.40. The van der Waals surface area contributed by atoms with Crippen LogP contribution in [0.5, 0.6) is 0 Å². The highest BCUT2D eigenvalue weighted by Crippen LogP contribution is 2.24. The van der Waals surface area contributed by atoms with Crippen molar-refractivity contribution in [1.82, 2.24) is 9.03 Å². The maximum Gasteiger partial charge on any atom is 0.306 e. The Kier molecular flexibility index (Phi) is 9.39. The van der Waals surface area contributed by atoms with Crippen LogP contribution >= 0.6 is 12.4 Å². The lowest BCUT2D eigenvalue weighted by Crippen LogP contribution is -2.49. The summed E-state index contributed by atoms with van der Waals surface area (Å²) in [6, 6.07) is -0.112. The zero-order valence-electron chi connectivity index (χ0n) is 12.6. The van der Waals surface area contributed by atoms with Crippen LogP contribution in [0.15, 0.2) is 0 Å². The first-order valence-corrected chi connectivity index (χ1v) is 8.35. The number of methoxy groups -OCH3 is 1. The lowest BCUT2D eigenvalue weighted by atomic mass is 9.85. The normalized spacial score (nSPS) is 22.7. The predicted molar refractivity (Wildman–Crippen MR) is 83.4 cm³/mol. The van der Waals surface area contributed by atoms with Gasteiger partial charge in [-0.1, -0.05) is 12.8 Å². The number of ether oxygens (including phenoxy) is 1. The number of nitrogens with two attached hydrogens (primary N) is 1. The van der Waals surface area contributed by atoms with E-state index in [1.165, 1.54) is 14.2 Å². The molecule has 0 bridgehead atoms. The van der Waals surface area contributed by atoms with Crippen LogP contribution in [0.4, 0.5) is 0 Å². The smallest absolute Gasteiger partial charge is 0.306 e. The molecule has 9 heteroatoms. The van der Waals surface area contributed by atoms with Crippen LogP contribution < -0.4 is 10.5 Å². The Hall–Kier alpha value is -0.410. The third kappa shape index (κ3) is 6.48. The zero-order chi connectivity index (χ0) is 15.2. The third-order valence-electron chi connectivity index (χ3n) is 3.78. The molecule has 0 radical (unpaired) electrons. The van der Waals surface area contributed by atoms with Gasteiger partial charge in [0.1, 0.15) is 0 Å². The number of carbonyl (C=O) groups is 1. The van der Waals surface area contributed by atoms with Crippen molar-refractivity contribution in [3.63, 3.8) is 0 Å². The maximum atomic E-state index is 12.2. The predicted octanol–water partition coefficient (Wildman–Crippen LogP) is 0.255. The van der Waals surface area contributed by atoms with Gasteiger partial charge in [0.25, 0.3) is 10.2 Å². The summed E-state index contributed by atoms with van der Waals surface area (Å²) in [4.78, 5) is 11.1. The summed E-state index contributed by atoms with van der Waals surface area (Å²) < 4.78 is 32.7. The molecule has 126 valence electrons. The van der Waals surface area contributed by atoms with E-state index < -0.39 is 16.2 Å². The topological polar surface area (TPSA) is 102 Å². The van der Waals surface area contributed by atoms with Gasteiger partial charge >= 0.3 is 5.97 Å². The molecule has 1 aliphatic rings. The van der Waals surface area contributed by atoms with E-state index in [0.29, 0.717) is 6.54 Å². The van der Waals surface area contributed by atoms with Crippen molar-refractivity contribution in [2.75, 3.05) is 27.2 Å². The van der Waals surface area contributed by atoms with Gasteiger partial charge in [0, 0.05) is 19.6 Å². The highest BCUT2D eigenvalue weighted by atomic mass is 35.5. The molecule has 1 saturated carbocycles. The first kappa shape index (κ1) is 20.6. The molecule has 2 atom stereocenters. The minimum absolute atomic E-state index is 0. The van der Waals surface area contributed by atoms with Crippen LogP contribution in [0.3, 0.4) is 0 Å². The number of nitrogens with zero attached hydrogens (tertiary/aromatic N) is 1. The first-order chi connectivity index (χ1) is 9.40. The standard InChI is InChI=1S/C12H25N3O4S.ClH/c1-15(8-7-12(16)19-2)20(17,18)14-11-6-4-3-5-10(11)9-13;/h10-11,14H,3-9,13H2,1-2H3;1H. The number of rotatable bonds is 7. The molecule has 1 fully saturated rings. The molecule has 0 aliphatic heterocycles. The summed E-state index contributed by atoms with van der Waals surface area (Å²) in [5.74, 6) is -0.239. The Bertz CT molecular complexity index is 419.